The molecule has 0 aromatic rings. The van der Waals surface area contributed by atoms with Crippen molar-refractivity contribution in [3.63, 3.8) is 0 Å². The van der Waals surface area contributed by atoms with E-state index in [0.717, 1.165) is 12.8 Å². The lowest BCUT2D eigenvalue weighted by Gasteiger charge is -2.27. The molecule has 0 N–H and O–H groups in total. The summed E-state index contributed by atoms with van der Waals surface area (Å²) >= 11 is 0. The third-order valence-corrected chi connectivity index (χ3v) is 5.07. The second-order valence-electron chi connectivity index (χ2n) is 6.89. The molecule has 0 saturated carbocycles. The van der Waals surface area contributed by atoms with E-state index >= 15 is 0 Å². The van der Waals surface area contributed by atoms with Gasteiger partial charge in [0.15, 0.2) is 0 Å². The molecule has 3 heterocycles. The first kappa shape index (κ1) is 15.3. The number of likely N-dealkylation sites (tertiary alicyclic amines) is 1. The predicted molar refractivity (Wildman–Crippen MR) is 78.6 cm³/mol. The quantitative estimate of drug-likeness (QED) is 0.699. The molecule has 2 bridgehead atoms. The summed E-state index contributed by atoms with van der Waals surface area (Å²) in [5.41, 5.74) is 0.509. The number of hydrogen-bond donors (Lipinski definition) is 0. The van der Waals surface area contributed by atoms with Crippen LogP contribution < -0.4 is 5.11 Å². The zero-order valence-corrected chi connectivity index (χ0v) is 13.2. The number of ether oxygens (including phenoxy) is 1. The molecule has 120 valence electrons. The van der Waals surface area contributed by atoms with E-state index in [-0.39, 0.29) is 11.9 Å². The van der Waals surface area contributed by atoms with Crippen molar-refractivity contribution in [1.82, 2.24) is 4.90 Å². The van der Waals surface area contributed by atoms with Crippen molar-refractivity contribution in [2.75, 3.05) is 6.54 Å². The first-order chi connectivity index (χ1) is 10.4. The van der Waals surface area contributed by atoms with Crippen molar-refractivity contribution in [3.8, 4) is 0 Å². The van der Waals surface area contributed by atoms with Gasteiger partial charge in [-0.05, 0) is 33.6 Å². The van der Waals surface area contributed by atoms with Crippen molar-refractivity contribution in [3.05, 3.63) is 23.8 Å². The van der Waals surface area contributed by atoms with E-state index in [2.05, 4.69) is 19.9 Å². The summed E-state index contributed by atoms with van der Waals surface area (Å²) in [4.78, 5) is 25.9. The Morgan fingerprint density at radius 3 is 2.95 bits per heavy atom. The molecule has 2 fully saturated rings. The van der Waals surface area contributed by atoms with E-state index in [9.17, 15) is 14.7 Å². The van der Waals surface area contributed by atoms with Crippen LogP contribution in [0.3, 0.4) is 0 Å². The Morgan fingerprint density at radius 2 is 2.32 bits per heavy atom. The summed E-state index contributed by atoms with van der Waals surface area (Å²) in [5.74, 6) is -2.77. The summed E-state index contributed by atoms with van der Waals surface area (Å²) in [6.07, 6.45) is 7.06. The molecule has 0 aromatic carbocycles. The molecule has 5 atom stereocenters. The maximum absolute atomic E-state index is 12.7. The SMILES string of the molecule is CC(C)=CCC[C@@H](C)N1C[C@@]23C=C[C@@H](O2)[C@@H](C(=O)[O-])[C@@H]3C1=O. The molecule has 0 radical (unpaired) electrons. The zero-order valence-electron chi connectivity index (χ0n) is 13.2. The van der Waals surface area contributed by atoms with E-state index in [1.54, 1.807) is 11.0 Å². The van der Waals surface area contributed by atoms with Crippen LogP contribution >= 0.6 is 0 Å². The van der Waals surface area contributed by atoms with Gasteiger partial charge in [0, 0.05) is 17.9 Å². The van der Waals surface area contributed by atoms with Crippen LogP contribution in [0, 0.1) is 11.8 Å². The van der Waals surface area contributed by atoms with Gasteiger partial charge in [-0.1, -0.05) is 23.8 Å². The molecule has 3 aliphatic rings. The van der Waals surface area contributed by atoms with Crippen LogP contribution in [0.25, 0.3) is 0 Å². The lowest BCUT2D eigenvalue weighted by Crippen LogP contribution is -2.45. The van der Waals surface area contributed by atoms with Crippen LogP contribution in [0.1, 0.15) is 33.6 Å². The van der Waals surface area contributed by atoms with Crippen molar-refractivity contribution >= 4 is 11.9 Å². The van der Waals surface area contributed by atoms with Crippen molar-refractivity contribution in [2.24, 2.45) is 11.8 Å². The summed E-state index contributed by atoms with van der Waals surface area (Å²) in [5, 5.41) is 11.4. The van der Waals surface area contributed by atoms with Gasteiger partial charge in [0.25, 0.3) is 0 Å². The molecule has 3 aliphatic heterocycles. The Hall–Kier alpha value is -1.62. The Labute approximate surface area is 130 Å². The van der Waals surface area contributed by atoms with Crippen LogP contribution in [0.5, 0.6) is 0 Å². The molecule has 5 heteroatoms. The smallest absolute Gasteiger partial charge is 0.230 e. The number of carbonyl (C=O) groups excluding carboxylic acids is 2. The minimum absolute atomic E-state index is 0.0709. The standard InChI is InChI=1S/C17H23NO4/c1-10(2)5-4-6-11(3)18-9-17-8-7-12(22-17)13(16(20)21)14(17)15(18)19/h5,7-8,11-14H,4,6,9H2,1-3H3,(H,20,21)/p-1/t11-,12-,13-,14-,17-/m1/s1. The minimum Gasteiger partial charge on any atom is -0.550 e. The first-order valence-corrected chi connectivity index (χ1v) is 7.87. The fourth-order valence-corrected chi connectivity index (χ4v) is 3.94. The lowest BCUT2D eigenvalue weighted by molar-refractivity contribution is -0.313. The molecule has 0 aliphatic carbocycles. The Balaban J connectivity index is 1.76. The number of carboxylic acids is 1. The highest BCUT2D eigenvalue weighted by Crippen LogP contribution is 2.52. The number of rotatable bonds is 5. The fraction of sp³-hybridized carbons (Fsp3) is 0.647. The van der Waals surface area contributed by atoms with Gasteiger partial charge in [0.1, 0.15) is 5.60 Å². The zero-order chi connectivity index (χ0) is 16.1. The molecule has 1 amide bonds. The number of amides is 1. The molecular weight excluding hydrogens is 282 g/mol. The van der Waals surface area contributed by atoms with E-state index in [1.807, 2.05) is 13.0 Å². The van der Waals surface area contributed by atoms with Crippen LogP contribution in [-0.4, -0.2) is 41.1 Å². The largest absolute Gasteiger partial charge is 0.550 e. The number of nitrogens with zero attached hydrogens (tertiary/aromatic N) is 1. The number of fused-ring (bicyclic) bond motifs is 1. The highest BCUT2D eigenvalue weighted by molar-refractivity contribution is 5.90. The summed E-state index contributed by atoms with van der Waals surface area (Å²) < 4.78 is 5.84. The van der Waals surface area contributed by atoms with Crippen molar-refractivity contribution < 1.29 is 19.4 Å². The highest BCUT2D eigenvalue weighted by atomic mass is 16.5. The second kappa shape index (κ2) is 5.23. The van der Waals surface area contributed by atoms with Gasteiger partial charge in [-0.2, -0.15) is 0 Å². The second-order valence-corrected chi connectivity index (χ2v) is 6.89. The Bertz CT molecular complexity index is 563. The van der Waals surface area contributed by atoms with Crippen molar-refractivity contribution in [2.45, 2.75) is 51.4 Å². The summed E-state index contributed by atoms with van der Waals surface area (Å²) in [7, 11) is 0. The van der Waals surface area contributed by atoms with Crippen LogP contribution in [0.15, 0.2) is 23.8 Å². The molecule has 0 aromatic heterocycles. The van der Waals surface area contributed by atoms with E-state index in [1.165, 1.54) is 5.57 Å². The third kappa shape index (κ3) is 2.19. The average molecular weight is 304 g/mol. The average Bonchev–Trinajstić information content (AvgIpc) is 3.06. The van der Waals surface area contributed by atoms with Gasteiger partial charge < -0.3 is 19.5 Å². The molecule has 0 unspecified atom stereocenters. The molecule has 5 nitrogen and oxygen atoms in total. The lowest BCUT2D eigenvalue weighted by atomic mass is 9.77. The van der Waals surface area contributed by atoms with Crippen molar-refractivity contribution in [1.29, 1.82) is 0 Å². The summed E-state index contributed by atoms with van der Waals surface area (Å²) in [6, 6.07) is 0.0709. The number of carbonyl (C=O) groups is 2. The van der Waals surface area contributed by atoms with Crippen LogP contribution in [0.4, 0.5) is 0 Å². The van der Waals surface area contributed by atoms with Gasteiger partial charge in [-0.3, -0.25) is 4.79 Å². The molecule has 1 spiro atoms. The molecule has 3 rings (SSSR count). The van der Waals surface area contributed by atoms with E-state index < -0.39 is 29.5 Å². The number of aliphatic carboxylic acids is 1. The number of carboxylic acid groups (broad SMARTS) is 1. The first-order valence-electron chi connectivity index (χ1n) is 7.87. The number of hydrogen-bond acceptors (Lipinski definition) is 4. The maximum atomic E-state index is 12.7. The van der Waals surface area contributed by atoms with Gasteiger partial charge in [-0.15, -0.1) is 0 Å². The third-order valence-electron chi connectivity index (χ3n) is 5.07. The Kier molecular flexibility index (Phi) is 3.63. The topological polar surface area (TPSA) is 69.7 Å². The molecule has 22 heavy (non-hydrogen) atoms. The van der Waals surface area contributed by atoms with Crippen LogP contribution in [0.2, 0.25) is 0 Å². The van der Waals surface area contributed by atoms with E-state index in [0.29, 0.717) is 6.54 Å². The fourth-order valence-electron chi connectivity index (χ4n) is 3.94. The monoisotopic (exact) mass is 304 g/mol. The molecular formula is C17H22NO4-. The van der Waals surface area contributed by atoms with E-state index in [4.69, 9.17) is 4.74 Å². The van der Waals surface area contributed by atoms with Gasteiger partial charge in [0.2, 0.25) is 5.91 Å². The molecule has 2 saturated heterocycles. The van der Waals surface area contributed by atoms with Gasteiger partial charge >= 0.3 is 0 Å². The highest BCUT2D eigenvalue weighted by Gasteiger charge is 2.65. The predicted octanol–water partition coefficient (Wildman–Crippen LogP) is 0.653. The van der Waals surface area contributed by atoms with Gasteiger partial charge in [0.05, 0.1) is 18.6 Å². The number of allylic oxidation sites excluding steroid dienone is 2. The van der Waals surface area contributed by atoms with Crippen LogP contribution in [-0.2, 0) is 14.3 Å². The summed E-state index contributed by atoms with van der Waals surface area (Å²) in [6.45, 7) is 6.56. The minimum atomic E-state index is -1.19. The maximum Gasteiger partial charge on any atom is 0.230 e. The normalized spacial score (nSPS) is 36.6. The Morgan fingerprint density at radius 1 is 1.59 bits per heavy atom. The van der Waals surface area contributed by atoms with Gasteiger partial charge in [-0.25, -0.2) is 0 Å².